The van der Waals surface area contributed by atoms with Gasteiger partial charge < -0.3 is 0 Å². The van der Waals surface area contributed by atoms with Gasteiger partial charge in [0.25, 0.3) is 0 Å². The van der Waals surface area contributed by atoms with Gasteiger partial charge in [0.05, 0.1) is 0 Å². The lowest BCUT2D eigenvalue weighted by Gasteiger charge is -1.97. The van der Waals surface area contributed by atoms with Gasteiger partial charge in [-0.1, -0.05) is 58.9 Å². The first-order valence-electron chi connectivity index (χ1n) is 6.41. The van der Waals surface area contributed by atoms with Crippen LogP contribution in [0.1, 0.15) is 53.9 Å². The zero-order chi connectivity index (χ0) is 11.7. The third kappa shape index (κ3) is 4.51. The van der Waals surface area contributed by atoms with E-state index in [0.717, 1.165) is 12.3 Å². The van der Waals surface area contributed by atoms with E-state index in [0.29, 0.717) is 0 Å². The molecule has 0 heterocycles. The van der Waals surface area contributed by atoms with Crippen LogP contribution in [0.2, 0.25) is 0 Å². The maximum Gasteiger partial charge on any atom is -0.0163 e. The quantitative estimate of drug-likeness (QED) is 0.505. The molecule has 86 valence electrons. The Morgan fingerprint density at radius 3 is 1.67 bits per heavy atom. The molecule has 0 aliphatic heterocycles. The van der Waals surface area contributed by atoms with Gasteiger partial charge in [0, 0.05) is 0 Å². The molecule has 0 spiro atoms. The first kappa shape index (κ1) is 14.2. The van der Waals surface area contributed by atoms with Gasteiger partial charge in [0.1, 0.15) is 0 Å². The van der Waals surface area contributed by atoms with Crippen LogP contribution in [-0.4, -0.2) is 0 Å². The van der Waals surface area contributed by atoms with Crippen molar-refractivity contribution in [1.82, 2.24) is 0 Å². The Hall–Kier alpha value is -0.780. The van der Waals surface area contributed by atoms with E-state index >= 15 is 0 Å². The highest BCUT2D eigenvalue weighted by molar-refractivity contribution is 5.39. The molecule has 0 atom stereocenters. The molecule has 0 saturated heterocycles. The Balaban J connectivity index is 0.000000442. The zero-order valence-electron chi connectivity index (χ0n) is 11.0. The van der Waals surface area contributed by atoms with Gasteiger partial charge in [-0.05, 0) is 36.3 Å². The second-order valence-corrected chi connectivity index (χ2v) is 3.60. The maximum atomic E-state index is 2.33. The fourth-order valence-corrected chi connectivity index (χ4v) is 1.93. The van der Waals surface area contributed by atoms with Crippen molar-refractivity contribution in [3.8, 4) is 0 Å². The number of hydrogen-bond donors (Lipinski definition) is 0. The summed E-state index contributed by atoms with van der Waals surface area (Å²) in [4.78, 5) is 0. The average molecular weight is 206 g/mol. The van der Waals surface area contributed by atoms with Crippen LogP contribution in [0.5, 0.6) is 0 Å². The molecule has 0 nitrogen and oxygen atoms in total. The van der Waals surface area contributed by atoms with Crippen molar-refractivity contribution >= 4 is 0 Å². The summed E-state index contributed by atoms with van der Waals surface area (Å²) in [5, 5.41) is 0. The summed E-state index contributed by atoms with van der Waals surface area (Å²) in [7, 11) is 0. The standard InChI is InChI=1S/C11H14.2C2H6/c1-9-7-10-5-3-2-4-6-11(10)8-9;2*1-2/h3-6,9H,2,7-8H2,1H3;2*1-2H3. The maximum absolute atomic E-state index is 2.33. The van der Waals surface area contributed by atoms with E-state index in [2.05, 4.69) is 31.2 Å². The van der Waals surface area contributed by atoms with Gasteiger partial charge in [-0.25, -0.2) is 0 Å². The van der Waals surface area contributed by atoms with Gasteiger partial charge in [0.2, 0.25) is 0 Å². The number of allylic oxidation sites excluding steroid dienone is 6. The van der Waals surface area contributed by atoms with Crippen molar-refractivity contribution in [2.75, 3.05) is 0 Å². The van der Waals surface area contributed by atoms with Crippen molar-refractivity contribution in [3.63, 3.8) is 0 Å². The van der Waals surface area contributed by atoms with E-state index in [9.17, 15) is 0 Å². The van der Waals surface area contributed by atoms with Crippen LogP contribution in [-0.2, 0) is 0 Å². The molecule has 0 aromatic heterocycles. The lowest BCUT2D eigenvalue weighted by Crippen LogP contribution is -1.84. The first-order valence-corrected chi connectivity index (χ1v) is 6.41. The minimum Gasteiger partial charge on any atom is -0.0805 e. The van der Waals surface area contributed by atoms with Crippen LogP contribution in [0.4, 0.5) is 0 Å². The molecule has 0 unspecified atom stereocenters. The molecule has 0 N–H and O–H groups in total. The van der Waals surface area contributed by atoms with Crippen molar-refractivity contribution < 1.29 is 0 Å². The Bertz CT molecular complexity index is 217. The van der Waals surface area contributed by atoms with E-state index in [4.69, 9.17) is 0 Å². The molecule has 2 aliphatic rings. The normalized spacial score (nSPS) is 18.5. The van der Waals surface area contributed by atoms with Crippen LogP contribution >= 0.6 is 0 Å². The fraction of sp³-hybridized carbons (Fsp3) is 0.600. The summed E-state index contributed by atoms with van der Waals surface area (Å²) in [6.07, 6.45) is 12.8. The lowest BCUT2D eigenvalue weighted by molar-refractivity contribution is 0.626. The van der Waals surface area contributed by atoms with E-state index in [1.165, 1.54) is 12.8 Å². The molecule has 2 rings (SSSR count). The second-order valence-electron chi connectivity index (χ2n) is 3.60. The molecule has 2 aliphatic carbocycles. The smallest absolute Gasteiger partial charge is 0.0163 e. The molecule has 0 saturated carbocycles. The predicted octanol–water partition coefficient (Wildman–Crippen LogP) is 5.28. The first-order chi connectivity index (χ1) is 7.36. The highest BCUT2D eigenvalue weighted by Gasteiger charge is 2.17. The largest absolute Gasteiger partial charge is 0.0805 e. The van der Waals surface area contributed by atoms with Crippen LogP contribution in [0.25, 0.3) is 0 Å². The molecule has 0 heteroatoms. The zero-order valence-corrected chi connectivity index (χ0v) is 11.0. The van der Waals surface area contributed by atoms with E-state index in [-0.39, 0.29) is 0 Å². The summed E-state index contributed by atoms with van der Waals surface area (Å²) in [6.45, 7) is 10.3. The molecule has 15 heavy (non-hydrogen) atoms. The lowest BCUT2D eigenvalue weighted by atomic mass is 10.1. The monoisotopic (exact) mass is 206 g/mol. The van der Waals surface area contributed by atoms with Crippen molar-refractivity contribution in [2.24, 2.45) is 5.92 Å². The molecule has 0 amide bonds. The third-order valence-corrected chi connectivity index (χ3v) is 2.46. The van der Waals surface area contributed by atoms with Crippen molar-refractivity contribution in [1.29, 1.82) is 0 Å². The molecule has 0 bridgehead atoms. The van der Waals surface area contributed by atoms with Gasteiger partial charge in [-0.3, -0.25) is 0 Å². The summed E-state index contributed by atoms with van der Waals surface area (Å²) in [5.74, 6) is 0.868. The third-order valence-electron chi connectivity index (χ3n) is 2.46. The van der Waals surface area contributed by atoms with E-state index in [1.807, 2.05) is 27.7 Å². The van der Waals surface area contributed by atoms with Gasteiger partial charge in [0.15, 0.2) is 0 Å². The topological polar surface area (TPSA) is 0 Å². The predicted molar refractivity (Wildman–Crippen MR) is 71.0 cm³/mol. The molecule has 0 aromatic carbocycles. The number of rotatable bonds is 0. The Morgan fingerprint density at radius 1 is 0.867 bits per heavy atom. The van der Waals surface area contributed by atoms with Crippen LogP contribution in [0.15, 0.2) is 35.5 Å². The van der Waals surface area contributed by atoms with Crippen molar-refractivity contribution in [2.45, 2.75) is 53.9 Å². The molecule has 0 fully saturated rings. The average Bonchev–Trinajstić information content (AvgIpc) is 2.51. The minimum atomic E-state index is 0.868. The Morgan fingerprint density at radius 2 is 1.27 bits per heavy atom. The van der Waals surface area contributed by atoms with Crippen LogP contribution < -0.4 is 0 Å². The molecule has 0 radical (unpaired) electrons. The van der Waals surface area contributed by atoms with Gasteiger partial charge >= 0.3 is 0 Å². The van der Waals surface area contributed by atoms with Crippen LogP contribution in [0, 0.1) is 5.92 Å². The summed E-state index contributed by atoms with van der Waals surface area (Å²) >= 11 is 0. The highest BCUT2D eigenvalue weighted by Crippen LogP contribution is 2.33. The SMILES string of the molecule is CC.CC.CC1CC2=C(C=CCC=C2)C1. The fourth-order valence-electron chi connectivity index (χ4n) is 1.93. The minimum absolute atomic E-state index is 0.868. The molecular formula is C15H26. The van der Waals surface area contributed by atoms with Crippen LogP contribution in [0.3, 0.4) is 0 Å². The highest BCUT2D eigenvalue weighted by atomic mass is 14.2. The van der Waals surface area contributed by atoms with Gasteiger partial charge in [-0.15, -0.1) is 0 Å². The molecule has 0 aromatic rings. The number of hydrogen-bond acceptors (Lipinski definition) is 0. The summed E-state index contributed by atoms with van der Waals surface area (Å²) in [6, 6.07) is 0. The molecular weight excluding hydrogens is 180 g/mol. The summed E-state index contributed by atoms with van der Waals surface area (Å²) < 4.78 is 0. The Kier molecular flexibility index (Phi) is 8.08. The second kappa shape index (κ2) is 8.52. The van der Waals surface area contributed by atoms with Crippen molar-refractivity contribution in [3.05, 3.63) is 35.5 Å². The van der Waals surface area contributed by atoms with Gasteiger partial charge in [-0.2, -0.15) is 0 Å². The summed E-state index contributed by atoms with van der Waals surface area (Å²) in [5.41, 5.74) is 3.15. The van der Waals surface area contributed by atoms with E-state index < -0.39 is 0 Å². The Labute approximate surface area is 95.8 Å². The van der Waals surface area contributed by atoms with E-state index in [1.54, 1.807) is 11.1 Å².